The van der Waals surface area contributed by atoms with E-state index in [1.54, 1.807) is 24.3 Å². The van der Waals surface area contributed by atoms with Crippen molar-refractivity contribution in [2.45, 2.75) is 79.1 Å². The van der Waals surface area contributed by atoms with Gasteiger partial charge in [0.2, 0.25) is 0 Å². The quantitative estimate of drug-likeness (QED) is 0.0958. The molecule has 9 aromatic rings. The molecule has 390 valence electrons. The summed E-state index contributed by atoms with van der Waals surface area (Å²) >= 11 is 0. The third-order valence-corrected chi connectivity index (χ3v) is 12.1. The van der Waals surface area contributed by atoms with Gasteiger partial charge in [-0.2, -0.15) is 26.3 Å². The summed E-state index contributed by atoms with van der Waals surface area (Å²) in [5.74, 6) is -10.2. The van der Waals surface area contributed by atoms with E-state index in [1.165, 1.54) is 16.7 Å². The Kier molecular flexibility index (Phi) is 18.4. The number of unbranched alkanes of at least 4 members (excludes halogenated alkanes) is 1. The first-order chi connectivity index (χ1) is 35.9. The SMILES string of the molecule is CCCCc1ccc2cc(-c3cc(F)c(OC(F)F)c(F)c3)ccc2c1.CCCc1ccc2cc(-c3cc(F)c(OC(F)F)c(F)c3)ccc2c1.CCc1ccc2cc(-c3cc(F)c(OC(F)F)c(F)c3)ccc2c1. The van der Waals surface area contributed by atoms with E-state index in [1.807, 2.05) is 66.7 Å². The van der Waals surface area contributed by atoms with Gasteiger partial charge in [0.05, 0.1) is 0 Å². The molecule has 0 aliphatic carbocycles. The lowest BCUT2D eigenvalue weighted by Gasteiger charge is -2.10. The second-order valence-electron chi connectivity index (χ2n) is 17.3. The van der Waals surface area contributed by atoms with Gasteiger partial charge in [-0.1, -0.05) is 125 Å². The molecule has 0 spiro atoms. The molecule has 75 heavy (non-hydrogen) atoms. The smallest absolute Gasteiger partial charge is 0.387 e. The van der Waals surface area contributed by atoms with Gasteiger partial charge >= 0.3 is 19.8 Å². The standard InChI is InChI=1S/C21H18F4O.C20H16F4O.C19H14F4O/c1-2-3-4-13-5-6-15-10-16(8-7-14(15)9-13)17-11-18(22)20(19(23)12-17)26-21(24)25;1-2-3-12-4-5-14-9-15(7-6-13(14)8-12)16-10-17(21)19(18(22)11-16)25-20(23)24;1-2-11-3-4-13-8-14(6-5-12(13)7-11)15-9-16(20)18(17(21)10-15)24-19(22)23/h5-12,21H,2-4H2,1H3;4-11,20H,2-3H2,1H3;3-10,19H,2H2,1H3. The molecule has 0 unspecified atom stereocenters. The molecule has 15 heteroatoms. The minimum atomic E-state index is -3.28. The van der Waals surface area contributed by atoms with Crippen molar-refractivity contribution in [2.75, 3.05) is 0 Å². The maximum atomic E-state index is 13.9. The predicted octanol–water partition coefficient (Wildman–Crippen LogP) is 19.0. The molecule has 0 N–H and O–H groups in total. The van der Waals surface area contributed by atoms with Gasteiger partial charge < -0.3 is 14.2 Å². The van der Waals surface area contributed by atoms with Crippen LogP contribution in [0.4, 0.5) is 52.7 Å². The Labute approximate surface area is 424 Å². The first-order valence-corrected chi connectivity index (χ1v) is 23.8. The van der Waals surface area contributed by atoms with Crippen molar-refractivity contribution in [1.29, 1.82) is 0 Å². The van der Waals surface area contributed by atoms with Gasteiger partial charge in [-0.3, -0.25) is 0 Å². The third-order valence-electron chi connectivity index (χ3n) is 12.1. The monoisotopic (exact) mass is 1040 g/mol. The van der Waals surface area contributed by atoms with Crippen LogP contribution >= 0.6 is 0 Å². The minimum absolute atomic E-state index is 0.257. The number of hydrogen-bond donors (Lipinski definition) is 0. The van der Waals surface area contributed by atoms with Crippen molar-refractivity contribution >= 4 is 32.3 Å². The molecule has 0 aliphatic rings. The first kappa shape index (κ1) is 55.1. The van der Waals surface area contributed by atoms with E-state index in [2.05, 4.69) is 53.2 Å². The highest BCUT2D eigenvalue weighted by Gasteiger charge is 2.20. The highest BCUT2D eigenvalue weighted by Crippen LogP contribution is 2.35. The van der Waals surface area contributed by atoms with E-state index < -0.39 is 72.0 Å². The van der Waals surface area contributed by atoms with Gasteiger partial charge in [0.25, 0.3) is 0 Å². The molecule has 0 atom stereocenters. The normalized spacial score (nSPS) is 11.3. The summed E-state index contributed by atoms with van der Waals surface area (Å²) in [6.45, 7) is -3.54. The van der Waals surface area contributed by atoms with Crippen molar-refractivity contribution in [3.63, 3.8) is 0 Å². The summed E-state index contributed by atoms with van der Waals surface area (Å²) in [5, 5.41) is 5.91. The molecular formula is C60H48F12O3. The number of rotatable bonds is 15. The molecule has 0 saturated carbocycles. The molecule has 9 rings (SSSR count). The summed E-state index contributed by atoms with van der Waals surface area (Å²) in [4.78, 5) is 0. The summed E-state index contributed by atoms with van der Waals surface area (Å²) in [5.41, 5.74) is 6.24. The fourth-order valence-corrected chi connectivity index (χ4v) is 8.41. The Morgan fingerprint density at radius 1 is 0.307 bits per heavy atom. The number of benzene rings is 9. The molecule has 0 heterocycles. The van der Waals surface area contributed by atoms with E-state index in [0.717, 1.165) is 107 Å². The second kappa shape index (κ2) is 25.0. The third kappa shape index (κ3) is 14.1. The molecule has 9 aromatic carbocycles. The van der Waals surface area contributed by atoms with E-state index in [0.29, 0.717) is 16.7 Å². The maximum absolute atomic E-state index is 13.9. The average molecular weight is 1050 g/mol. The minimum Gasteiger partial charge on any atom is -0.429 e. The van der Waals surface area contributed by atoms with E-state index >= 15 is 0 Å². The van der Waals surface area contributed by atoms with Crippen LogP contribution in [0, 0.1) is 34.9 Å². The van der Waals surface area contributed by atoms with Crippen LogP contribution in [-0.4, -0.2) is 19.8 Å². The van der Waals surface area contributed by atoms with Crippen molar-refractivity contribution < 1.29 is 66.9 Å². The lowest BCUT2D eigenvalue weighted by atomic mass is 9.98. The molecule has 0 radical (unpaired) electrons. The van der Waals surface area contributed by atoms with Gasteiger partial charge in [-0.15, -0.1) is 0 Å². The summed E-state index contributed by atoms with van der Waals surface area (Å²) in [7, 11) is 0. The van der Waals surface area contributed by atoms with E-state index in [9.17, 15) is 52.7 Å². The number of ether oxygens (including phenoxy) is 3. The van der Waals surface area contributed by atoms with Crippen LogP contribution < -0.4 is 14.2 Å². The summed E-state index contributed by atoms with van der Waals surface area (Å²) in [6, 6.07) is 40.5. The highest BCUT2D eigenvalue weighted by molar-refractivity contribution is 5.90. The molecule has 0 saturated heterocycles. The Bertz CT molecular complexity index is 3360. The predicted molar refractivity (Wildman–Crippen MR) is 270 cm³/mol. The van der Waals surface area contributed by atoms with Gasteiger partial charge in [0.15, 0.2) is 52.2 Å². The average Bonchev–Trinajstić information content (AvgIpc) is 3.38. The Morgan fingerprint density at radius 3 is 0.880 bits per heavy atom. The lowest BCUT2D eigenvalue weighted by molar-refractivity contribution is -0.0551. The van der Waals surface area contributed by atoms with Crippen molar-refractivity contribution in [1.82, 2.24) is 0 Å². The van der Waals surface area contributed by atoms with Crippen LogP contribution in [0.15, 0.2) is 146 Å². The number of halogens is 12. The van der Waals surface area contributed by atoms with E-state index in [-0.39, 0.29) is 16.7 Å². The van der Waals surface area contributed by atoms with Gasteiger partial charge in [0, 0.05) is 0 Å². The zero-order valence-electron chi connectivity index (χ0n) is 40.6. The molecule has 0 fully saturated rings. The maximum Gasteiger partial charge on any atom is 0.387 e. The largest absolute Gasteiger partial charge is 0.429 e. The molecule has 0 bridgehead atoms. The molecular weight excluding hydrogens is 997 g/mol. The fraction of sp³-hybridized carbons (Fsp3) is 0.200. The molecule has 0 aliphatic heterocycles. The Balaban J connectivity index is 0.000000164. The van der Waals surface area contributed by atoms with E-state index in [4.69, 9.17) is 0 Å². The first-order valence-electron chi connectivity index (χ1n) is 23.8. The molecule has 0 aromatic heterocycles. The van der Waals surface area contributed by atoms with Gasteiger partial charge in [0.1, 0.15) is 0 Å². The van der Waals surface area contributed by atoms with Crippen LogP contribution in [0.2, 0.25) is 0 Å². The summed E-state index contributed by atoms with van der Waals surface area (Å²) in [6.07, 6.45) is 6.21. The van der Waals surface area contributed by atoms with Crippen LogP contribution in [0.1, 0.15) is 56.7 Å². The number of fused-ring (bicyclic) bond motifs is 3. The number of aryl methyl sites for hydroxylation is 3. The second-order valence-corrected chi connectivity index (χ2v) is 17.3. The highest BCUT2D eigenvalue weighted by atomic mass is 19.3. The van der Waals surface area contributed by atoms with Crippen molar-refractivity contribution in [2.24, 2.45) is 0 Å². The zero-order chi connectivity index (χ0) is 53.9. The Hall–Kier alpha value is -7.68. The van der Waals surface area contributed by atoms with Crippen LogP contribution in [0.3, 0.4) is 0 Å². The number of alkyl halides is 6. The van der Waals surface area contributed by atoms with Crippen LogP contribution in [-0.2, 0) is 19.3 Å². The van der Waals surface area contributed by atoms with Crippen molar-refractivity contribution in [3.05, 3.63) is 197 Å². The van der Waals surface area contributed by atoms with Gasteiger partial charge in [-0.05, 0) is 163 Å². The van der Waals surface area contributed by atoms with Crippen molar-refractivity contribution in [3.8, 4) is 50.6 Å². The zero-order valence-corrected chi connectivity index (χ0v) is 40.6. The number of hydrogen-bond acceptors (Lipinski definition) is 3. The molecule has 0 amide bonds. The van der Waals surface area contributed by atoms with Crippen LogP contribution in [0.5, 0.6) is 17.2 Å². The van der Waals surface area contributed by atoms with Gasteiger partial charge in [-0.25, -0.2) is 26.3 Å². The topological polar surface area (TPSA) is 27.7 Å². The van der Waals surface area contributed by atoms with Crippen LogP contribution in [0.25, 0.3) is 65.7 Å². The molecule has 3 nitrogen and oxygen atoms in total. The summed E-state index contributed by atoms with van der Waals surface area (Å²) < 4.78 is 168. The fourth-order valence-electron chi connectivity index (χ4n) is 8.41. The lowest BCUT2D eigenvalue weighted by Crippen LogP contribution is -2.06. The Morgan fingerprint density at radius 2 is 0.587 bits per heavy atom.